The standard InChI is InChI=1S/C20H29N5O/c1-14(2)17-22-19(26-23-17)20-9-5-8-16(20)12-25(13-20)11-15-7-6-10-21-18(15)24(3)4/h6-7,10,14,16H,5,8-9,11-13H2,1-4H3/t16-,20-/m1/s1. The van der Waals surface area contributed by atoms with E-state index in [1.807, 2.05) is 12.3 Å². The van der Waals surface area contributed by atoms with Crippen LogP contribution in [-0.2, 0) is 12.0 Å². The quantitative estimate of drug-likeness (QED) is 0.821. The summed E-state index contributed by atoms with van der Waals surface area (Å²) >= 11 is 0. The topological polar surface area (TPSA) is 58.3 Å². The van der Waals surface area contributed by atoms with E-state index in [1.54, 1.807) is 0 Å². The van der Waals surface area contributed by atoms with Crippen LogP contribution in [0.3, 0.4) is 0 Å². The van der Waals surface area contributed by atoms with Crippen LogP contribution in [0, 0.1) is 5.92 Å². The second kappa shape index (κ2) is 6.65. The van der Waals surface area contributed by atoms with Crippen LogP contribution in [0.1, 0.15) is 56.3 Å². The van der Waals surface area contributed by atoms with E-state index < -0.39 is 0 Å². The monoisotopic (exact) mass is 355 g/mol. The Morgan fingerprint density at radius 3 is 2.96 bits per heavy atom. The zero-order valence-electron chi connectivity index (χ0n) is 16.3. The van der Waals surface area contributed by atoms with Crippen LogP contribution in [-0.4, -0.2) is 47.2 Å². The third-order valence-electron chi connectivity index (χ3n) is 6.01. The molecule has 6 nitrogen and oxygen atoms in total. The summed E-state index contributed by atoms with van der Waals surface area (Å²) in [5.41, 5.74) is 1.32. The van der Waals surface area contributed by atoms with E-state index in [4.69, 9.17) is 9.51 Å². The fourth-order valence-electron chi connectivity index (χ4n) is 4.73. The first kappa shape index (κ1) is 17.5. The third kappa shape index (κ3) is 2.90. The Balaban J connectivity index is 1.57. The molecule has 3 heterocycles. The van der Waals surface area contributed by atoms with E-state index in [-0.39, 0.29) is 5.41 Å². The van der Waals surface area contributed by atoms with Gasteiger partial charge in [0.15, 0.2) is 5.82 Å². The van der Waals surface area contributed by atoms with Crippen LogP contribution in [0.4, 0.5) is 5.82 Å². The highest BCUT2D eigenvalue weighted by atomic mass is 16.5. The number of fused-ring (bicyclic) bond motifs is 1. The van der Waals surface area contributed by atoms with E-state index in [2.05, 4.69) is 53.9 Å². The maximum absolute atomic E-state index is 5.77. The van der Waals surface area contributed by atoms with Crippen molar-refractivity contribution in [3.8, 4) is 0 Å². The number of pyridine rings is 1. The summed E-state index contributed by atoms with van der Waals surface area (Å²) in [6.07, 6.45) is 5.53. The van der Waals surface area contributed by atoms with Crippen LogP contribution in [0.15, 0.2) is 22.9 Å². The minimum atomic E-state index is 0.0423. The van der Waals surface area contributed by atoms with Crippen LogP contribution >= 0.6 is 0 Å². The maximum atomic E-state index is 5.77. The van der Waals surface area contributed by atoms with Crippen molar-refractivity contribution >= 4 is 5.82 Å². The van der Waals surface area contributed by atoms with E-state index in [0.717, 1.165) is 43.6 Å². The highest BCUT2D eigenvalue weighted by Gasteiger charge is 2.54. The first-order chi connectivity index (χ1) is 12.5. The molecule has 0 N–H and O–H groups in total. The molecule has 2 aromatic rings. The van der Waals surface area contributed by atoms with Gasteiger partial charge in [-0.15, -0.1) is 0 Å². The summed E-state index contributed by atoms with van der Waals surface area (Å²) in [6, 6.07) is 4.22. The lowest BCUT2D eigenvalue weighted by molar-refractivity contribution is 0.244. The first-order valence-electron chi connectivity index (χ1n) is 9.67. The summed E-state index contributed by atoms with van der Waals surface area (Å²) in [7, 11) is 4.11. The number of hydrogen-bond donors (Lipinski definition) is 0. The van der Waals surface area contributed by atoms with Crippen molar-refractivity contribution in [2.75, 3.05) is 32.1 Å². The molecule has 26 heavy (non-hydrogen) atoms. The van der Waals surface area contributed by atoms with Gasteiger partial charge < -0.3 is 9.42 Å². The molecule has 2 aliphatic rings. The number of nitrogens with zero attached hydrogens (tertiary/aromatic N) is 5. The van der Waals surface area contributed by atoms with Crippen LogP contribution in [0.5, 0.6) is 0 Å². The number of anilines is 1. The molecule has 0 aromatic carbocycles. The zero-order valence-corrected chi connectivity index (χ0v) is 16.3. The molecule has 0 radical (unpaired) electrons. The summed E-state index contributed by atoms with van der Waals surface area (Å²) in [5.74, 6) is 3.67. The Hall–Kier alpha value is -1.95. The Bertz CT molecular complexity index is 771. The van der Waals surface area contributed by atoms with E-state index >= 15 is 0 Å². The summed E-state index contributed by atoms with van der Waals surface area (Å²) < 4.78 is 5.77. The Morgan fingerprint density at radius 1 is 1.38 bits per heavy atom. The molecule has 0 unspecified atom stereocenters. The molecule has 2 atom stereocenters. The number of likely N-dealkylation sites (tertiary alicyclic amines) is 1. The molecule has 0 bridgehead atoms. The maximum Gasteiger partial charge on any atom is 0.234 e. The van der Waals surface area contributed by atoms with Crippen molar-refractivity contribution in [1.29, 1.82) is 0 Å². The molecule has 1 saturated heterocycles. The zero-order chi connectivity index (χ0) is 18.3. The number of hydrogen-bond acceptors (Lipinski definition) is 6. The minimum absolute atomic E-state index is 0.0423. The van der Waals surface area contributed by atoms with E-state index in [0.29, 0.717) is 11.8 Å². The van der Waals surface area contributed by atoms with Crippen molar-refractivity contribution in [3.05, 3.63) is 35.6 Å². The molecule has 0 spiro atoms. The smallest absolute Gasteiger partial charge is 0.234 e. The Morgan fingerprint density at radius 2 is 2.23 bits per heavy atom. The molecule has 2 fully saturated rings. The largest absolute Gasteiger partial charge is 0.362 e. The van der Waals surface area contributed by atoms with Gasteiger partial charge in [-0.2, -0.15) is 4.98 Å². The lowest BCUT2D eigenvalue weighted by atomic mass is 9.80. The Labute approximate surface area is 155 Å². The van der Waals surface area contributed by atoms with Crippen LogP contribution < -0.4 is 4.90 Å². The molecule has 1 saturated carbocycles. The predicted octanol–water partition coefficient (Wildman–Crippen LogP) is 3.21. The lowest BCUT2D eigenvalue weighted by Crippen LogP contribution is -2.32. The number of aromatic nitrogens is 3. The van der Waals surface area contributed by atoms with Gasteiger partial charge >= 0.3 is 0 Å². The molecule has 1 aliphatic heterocycles. The van der Waals surface area contributed by atoms with Gasteiger partial charge in [-0.3, -0.25) is 4.90 Å². The average Bonchev–Trinajstić information content (AvgIpc) is 3.28. The van der Waals surface area contributed by atoms with Crippen molar-refractivity contribution in [2.24, 2.45) is 5.92 Å². The molecule has 140 valence electrons. The molecule has 0 amide bonds. The molecule has 6 heteroatoms. The van der Waals surface area contributed by atoms with Gasteiger partial charge in [0.25, 0.3) is 0 Å². The SMILES string of the molecule is CC(C)c1noc([C@@]23CCC[C@@H]2CN(Cc2cccnc2N(C)C)C3)n1. The van der Waals surface area contributed by atoms with Crippen molar-refractivity contribution in [3.63, 3.8) is 0 Å². The molecular formula is C20H29N5O. The van der Waals surface area contributed by atoms with E-state index in [1.165, 1.54) is 18.4 Å². The predicted molar refractivity (Wildman–Crippen MR) is 101 cm³/mol. The highest BCUT2D eigenvalue weighted by Crippen LogP contribution is 2.50. The first-order valence-corrected chi connectivity index (χ1v) is 9.67. The fraction of sp³-hybridized carbons (Fsp3) is 0.650. The number of rotatable bonds is 5. The lowest BCUT2D eigenvalue weighted by Gasteiger charge is -2.25. The second-order valence-corrected chi connectivity index (χ2v) is 8.41. The van der Waals surface area contributed by atoms with Crippen molar-refractivity contribution in [2.45, 2.75) is 51.0 Å². The Kier molecular flexibility index (Phi) is 4.47. The van der Waals surface area contributed by atoms with Crippen molar-refractivity contribution in [1.82, 2.24) is 20.0 Å². The fourth-order valence-corrected chi connectivity index (χ4v) is 4.73. The van der Waals surface area contributed by atoms with Gasteiger partial charge in [0.05, 0.1) is 5.41 Å². The minimum Gasteiger partial charge on any atom is -0.362 e. The molecule has 4 rings (SSSR count). The highest BCUT2D eigenvalue weighted by molar-refractivity contribution is 5.45. The molecular weight excluding hydrogens is 326 g/mol. The second-order valence-electron chi connectivity index (χ2n) is 8.41. The summed E-state index contributed by atoms with van der Waals surface area (Å²) in [6.45, 7) is 7.25. The molecule has 1 aliphatic carbocycles. The van der Waals surface area contributed by atoms with Gasteiger partial charge in [0, 0.05) is 51.4 Å². The average molecular weight is 355 g/mol. The summed E-state index contributed by atoms with van der Waals surface area (Å²) in [4.78, 5) is 14.0. The van der Waals surface area contributed by atoms with Gasteiger partial charge in [-0.05, 0) is 24.8 Å². The van der Waals surface area contributed by atoms with Gasteiger partial charge in [-0.1, -0.05) is 31.5 Å². The van der Waals surface area contributed by atoms with Crippen LogP contribution in [0.25, 0.3) is 0 Å². The van der Waals surface area contributed by atoms with Crippen LogP contribution in [0.2, 0.25) is 0 Å². The van der Waals surface area contributed by atoms with Crippen molar-refractivity contribution < 1.29 is 4.52 Å². The van der Waals surface area contributed by atoms with Gasteiger partial charge in [0.1, 0.15) is 5.82 Å². The normalized spacial score (nSPS) is 25.8. The molecule has 2 aromatic heterocycles. The van der Waals surface area contributed by atoms with Gasteiger partial charge in [0.2, 0.25) is 5.89 Å². The van der Waals surface area contributed by atoms with Gasteiger partial charge in [-0.25, -0.2) is 4.98 Å². The van der Waals surface area contributed by atoms with E-state index in [9.17, 15) is 0 Å². The third-order valence-corrected chi connectivity index (χ3v) is 6.01. The summed E-state index contributed by atoms with van der Waals surface area (Å²) in [5, 5.41) is 4.24.